The fourth-order valence-electron chi connectivity index (χ4n) is 1.32. The molecule has 0 aliphatic rings. The van der Waals surface area contributed by atoms with E-state index in [0.717, 1.165) is 5.56 Å². The summed E-state index contributed by atoms with van der Waals surface area (Å²) in [5, 5.41) is 8.54. The predicted molar refractivity (Wildman–Crippen MR) is 55.3 cm³/mol. The molecule has 0 heterocycles. The van der Waals surface area contributed by atoms with E-state index < -0.39 is 18.2 Å². The zero-order chi connectivity index (χ0) is 11.4. The minimum Gasteiger partial charge on any atom is -0.480 e. The molecule has 2 atom stereocenters. The molecule has 0 spiro atoms. The summed E-state index contributed by atoms with van der Waals surface area (Å²) in [5.74, 6) is -1.18. The van der Waals surface area contributed by atoms with Crippen LogP contribution in [0.4, 0.5) is 4.39 Å². The van der Waals surface area contributed by atoms with Gasteiger partial charge in [-0.3, -0.25) is 4.79 Å². The van der Waals surface area contributed by atoms with E-state index in [1.54, 1.807) is 18.2 Å². The van der Waals surface area contributed by atoms with Crippen molar-refractivity contribution in [2.24, 2.45) is 5.73 Å². The van der Waals surface area contributed by atoms with Gasteiger partial charge in [0.05, 0.1) is 0 Å². The molecular formula is C11H14FNO2. The van der Waals surface area contributed by atoms with Gasteiger partial charge in [-0.25, -0.2) is 4.39 Å². The van der Waals surface area contributed by atoms with Crippen molar-refractivity contribution in [1.29, 1.82) is 0 Å². The first kappa shape index (κ1) is 11.7. The Bertz CT molecular complexity index is 354. The van der Waals surface area contributed by atoms with Gasteiger partial charge in [-0.15, -0.1) is 0 Å². The van der Waals surface area contributed by atoms with Crippen LogP contribution in [0.5, 0.6) is 0 Å². The highest BCUT2D eigenvalue weighted by atomic mass is 19.1. The van der Waals surface area contributed by atoms with E-state index in [9.17, 15) is 9.18 Å². The maximum absolute atomic E-state index is 13.6. The number of carbonyl (C=O) groups is 1. The molecule has 0 aliphatic carbocycles. The van der Waals surface area contributed by atoms with E-state index in [2.05, 4.69) is 0 Å². The third-order valence-electron chi connectivity index (χ3n) is 2.18. The summed E-state index contributed by atoms with van der Waals surface area (Å²) in [6.07, 6.45) is -1.52. The Balaban J connectivity index is 2.68. The molecule has 82 valence electrons. The maximum atomic E-state index is 13.6. The van der Waals surface area contributed by atoms with Crippen LogP contribution in [0.25, 0.3) is 0 Å². The SMILES string of the molecule is Cc1cccc(C(F)CC(N)C(=O)O)c1. The van der Waals surface area contributed by atoms with Crippen molar-refractivity contribution in [3.63, 3.8) is 0 Å². The third kappa shape index (κ3) is 3.32. The van der Waals surface area contributed by atoms with E-state index >= 15 is 0 Å². The molecule has 0 amide bonds. The average molecular weight is 211 g/mol. The Morgan fingerprint density at radius 2 is 2.27 bits per heavy atom. The molecule has 4 heteroatoms. The van der Waals surface area contributed by atoms with Crippen molar-refractivity contribution in [1.82, 2.24) is 0 Å². The van der Waals surface area contributed by atoms with E-state index in [1.165, 1.54) is 0 Å². The number of hydrogen-bond acceptors (Lipinski definition) is 2. The molecule has 0 bridgehead atoms. The molecule has 1 aromatic carbocycles. The van der Waals surface area contributed by atoms with Gasteiger partial charge in [0.1, 0.15) is 12.2 Å². The summed E-state index contributed by atoms with van der Waals surface area (Å²) in [7, 11) is 0. The fourth-order valence-corrected chi connectivity index (χ4v) is 1.32. The number of carboxylic acids is 1. The summed E-state index contributed by atoms with van der Waals surface area (Å²) >= 11 is 0. The lowest BCUT2D eigenvalue weighted by atomic mass is 10.0. The number of rotatable bonds is 4. The molecule has 0 fully saturated rings. The lowest BCUT2D eigenvalue weighted by Gasteiger charge is -2.11. The first-order valence-electron chi connectivity index (χ1n) is 4.69. The Kier molecular flexibility index (Phi) is 3.80. The molecule has 0 radical (unpaired) electrons. The minimum atomic E-state index is -1.32. The van der Waals surface area contributed by atoms with E-state index in [4.69, 9.17) is 10.8 Å². The van der Waals surface area contributed by atoms with Crippen LogP contribution in [-0.4, -0.2) is 17.1 Å². The van der Waals surface area contributed by atoms with Gasteiger partial charge < -0.3 is 10.8 Å². The lowest BCUT2D eigenvalue weighted by molar-refractivity contribution is -0.139. The zero-order valence-electron chi connectivity index (χ0n) is 8.48. The molecule has 15 heavy (non-hydrogen) atoms. The van der Waals surface area contributed by atoms with Gasteiger partial charge >= 0.3 is 5.97 Å². The normalized spacial score (nSPS) is 14.6. The molecule has 1 rings (SSSR count). The molecule has 2 unspecified atom stereocenters. The summed E-state index contributed by atoms with van der Waals surface area (Å²) in [6, 6.07) is 5.77. The van der Waals surface area contributed by atoms with Crippen molar-refractivity contribution >= 4 is 5.97 Å². The topological polar surface area (TPSA) is 63.3 Å². The van der Waals surface area contributed by atoms with E-state index in [0.29, 0.717) is 5.56 Å². The molecule has 3 nitrogen and oxygen atoms in total. The van der Waals surface area contributed by atoms with E-state index in [1.807, 2.05) is 13.0 Å². The quantitative estimate of drug-likeness (QED) is 0.798. The van der Waals surface area contributed by atoms with Crippen LogP contribution >= 0.6 is 0 Å². The Morgan fingerprint density at radius 1 is 1.60 bits per heavy atom. The van der Waals surface area contributed by atoms with Gasteiger partial charge in [0.25, 0.3) is 0 Å². The van der Waals surface area contributed by atoms with Gasteiger partial charge in [0, 0.05) is 6.42 Å². The lowest BCUT2D eigenvalue weighted by Crippen LogP contribution is -2.31. The van der Waals surface area contributed by atoms with Gasteiger partial charge in [-0.05, 0) is 12.5 Å². The van der Waals surface area contributed by atoms with Gasteiger partial charge in [0.15, 0.2) is 0 Å². The summed E-state index contributed by atoms with van der Waals surface area (Å²) in [5.41, 5.74) is 6.68. The second-order valence-electron chi connectivity index (χ2n) is 3.56. The first-order valence-corrected chi connectivity index (χ1v) is 4.69. The average Bonchev–Trinajstić information content (AvgIpc) is 2.17. The number of aliphatic carboxylic acids is 1. The predicted octanol–water partition coefficient (Wildman–Crippen LogP) is 1.81. The van der Waals surface area contributed by atoms with Crippen LogP contribution in [0.15, 0.2) is 24.3 Å². The second-order valence-corrected chi connectivity index (χ2v) is 3.56. The highest BCUT2D eigenvalue weighted by Gasteiger charge is 2.19. The molecule has 1 aromatic rings. The number of nitrogens with two attached hydrogens (primary N) is 1. The highest BCUT2D eigenvalue weighted by Crippen LogP contribution is 2.22. The van der Waals surface area contributed by atoms with Crippen LogP contribution < -0.4 is 5.73 Å². The number of hydrogen-bond donors (Lipinski definition) is 2. The second kappa shape index (κ2) is 4.89. The third-order valence-corrected chi connectivity index (χ3v) is 2.18. The molecule has 0 aromatic heterocycles. The minimum absolute atomic E-state index is 0.196. The van der Waals surface area contributed by atoms with Crippen LogP contribution in [0.1, 0.15) is 23.7 Å². The number of halogens is 1. The smallest absolute Gasteiger partial charge is 0.320 e. The number of alkyl halides is 1. The zero-order valence-corrected chi connectivity index (χ0v) is 8.48. The Hall–Kier alpha value is -1.42. The Labute approximate surface area is 87.7 Å². The number of aryl methyl sites for hydroxylation is 1. The number of carboxylic acid groups (broad SMARTS) is 1. The molecule has 0 aliphatic heterocycles. The molecule has 0 saturated carbocycles. The highest BCUT2D eigenvalue weighted by molar-refractivity contribution is 5.73. The fraction of sp³-hybridized carbons (Fsp3) is 0.364. The summed E-state index contributed by atoms with van der Waals surface area (Å²) in [6.45, 7) is 1.85. The van der Waals surface area contributed by atoms with Crippen LogP contribution in [0.3, 0.4) is 0 Å². The van der Waals surface area contributed by atoms with Crippen molar-refractivity contribution in [3.05, 3.63) is 35.4 Å². The van der Waals surface area contributed by atoms with Crippen LogP contribution in [-0.2, 0) is 4.79 Å². The number of benzene rings is 1. The van der Waals surface area contributed by atoms with Crippen molar-refractivity contribution in [2.75, 3.05) is 0 Å². The monoisotopic (exact) mass is 211 g/mol. The van der Waals surface area contributed by atoms with Gasteiger partial charge in [-0.1, -0.05) is 29.8 Å². The van der Waals surface area contributed by atoms with Crippen molar-refractivity contribution in [3.8, 4) is 0 Å². The maximum Gasteiger partial charge on any atom is 0.320 e. The molecule has 3 N–H and O–H groups in total. The molecule has 0 saturated heterocycles. The van der Waals surface area contributed by atoms with Crippen molar-refractivity contribution < 1.29 is 14.3 Å². The van der Waals surface area contributed by atoms with E-state index in [-0.39, 0.29) is 6.42 Å². The standard InChI is InChI=1S/C11H14FNO2/c1-7-3-2-4-8(5-7)9(12)6-10(13)11(14)15/h2-5,9-10H,6,13H2,1H3,(H,14,15). The van der Waals surface area contributed by atoms with Gasteiger partial charge in [-0.2, -0.15) is 0 Å². The summed E-state index contributed by atoms with van der Waals surface area (Å²) < 4.78 is 13.6. The van der Waals surface area contributed by atoms with Crippen molar-refractivity contribution in [2.45, 2.75) is 25.6 Å². The summed E-state index contributed by atoms with van der Waals surface area (Å²) in [4.78, 5) is 10.4. The first-order chi connectivity index (χ1) is 7.00. The molecular weight excluding hydrogens is 197 g/mol. The largest absolute Gasteiger partial charge is 0.480 e. The Morgan fingerprint density at radius 3 is 2.80 bits per heavy atom. The van der Waals surface area contributed by atoms with Crippen LogP contribution in [0.2, 0.25) is 0 Å². The van der Waals surface area contributed by atoms with Gasteiger partial charge in [0.2, 0.25) is 0 Å². The van der Waals surface area contributed by atoms with Crippen LogP contribution in [0, 0.1) is 6.92 Å².